The number of ether oxygens (including phenoxy) is 1. The van der Waals surface area contributed by atoms with Gasteiger partial charge >= 0.3 is 11.8 Å². The molecule has 33 heavy (non-hydrogen) atoms. The summed E-state index contributed by atoms with van der Waals surface area (Å²) in [6.07, 6.45) is 2.85. The van der Waals surface area contributed by atoms with E-state index in [1.807, 2.05) is 6.07 Å². The summed E-state index contributed by atoms with van der Waals surface area (Å²) in [5, 5.41) is 7.95. The molecule has 0 unspecified atom stereocenters. The topological polar surface area (TPSA) is 123 Å². The first kappa shape index (κ1) is 24.2. The fourth-order valence-corrected chi connectivity index (χ4v) is 3.49. The summed E-state index contributed by atoms with van der Waals surface area (Å²) in [4.78, 5) is 41.1. The number of rotatable bonds is 7. The highest BCUT2D eigenvalue weighted by Gasteiger charge is 2.25. The van der Waals surface area contributed by atoms with Crippen LogP contribution in [0.25, 0.3) is 11.3 Å². The van der Waals surface area contributed by atoms with Crippen molar-refractivity contribution in [2.75, 3.05) is 19.0 Å². The molecule has 3 amide bonds. The lowest BCUT2D eigenvalue weighted by Gasteiger charge is -2.26. The van der Waals surface area contributed by atoms with Gasteiger partial charge in [-0.1, -0.05) is 6.07 Å². The maximum atomic E-state index is 12.4. The molecule has 1 aromatic heterocycles. The summed E-state index contributed by atoms with van der Waals surface area (Å²) >= 11 is 2.13. The number of nitrogens with zero attached hydrogens (tertiary/aromatic N) is 1. The van der Waals surface area contributed by atoms with E-state index < -0.39 is 17.4 Å². The number of oxazole rings is 1. The molecule has 0 saturated heterocycles. The van der Waals surface area contributed by atoms with E-state index in [1.54, 1.807) is 56.4 Å². The second kappa shape index (κ2) is 10.5. The molecule has 1 heterocycles. The molecule has 10 heteroatoms. The first-order chi connectivity index (χ1) is 15.7. The van der Waals surface area contributed by atoms with E-state index in [9.17, 15) is 14.4 Å². The number of benzene rings is 2. The molecule has 9 nitrogen and oxygen atoms in total. The Kier molecular flexibility index (Phi) is 7.69. The summed E-state index contributed by atoms with van der Waals surface area (Å²) in [5.74, 6) is -0.984. The molecule has 0 aliphatic heterocycles. The van der Waals surface area contributed by atoms with Crippen LogP contribution >= 0.6 is 22.6 Å². The molecule has 0 bridgehead atoms. The molecule has 3 rings (SSSR count). The van der Waals surface area contributed by atoms with Gasteiger partial charge in [-0.15, -0.1) is 0 Å². The Morgan fingerprint density at radius 1 is 1.12 bits per heavy atom. The molecule has 0 aliphatic rings. The number of carbonyl (C=O) groups excluding carboxylic acids is 3. The molecule has 3 N–H and O–H groups in total. The molecule has 0 spiro atoms. The summed E-state index contributed by atoms with van der Waals surface area (Å²) in [7, 11) is 1.49. The lowest BCUT2D eigenvalue weighted by molar-refractivity contribution is -0.137. The molecule has 2 aromatic carbocycles. The Hall–Kier alpha value is -3.41. The van der Waals surface area contributed by atoms with Crippen LogP contribution in [0.15, 0.2) is 59.5 Å². The van der Waals surface area contributed by atoms with Crippen molar-refractivity contribution in [3.8, 4) is 17.1 Å². The average Bonchev–Trinajstić information content (AvgIpc) is 3.31. The van der Waals surface area contributed by atoms with E-state index in [-0.39, 0.29) is 12.5 Å². The van der Waals surface area contributed by atoms with Gasteiger partial charge in [0.2, 0.25) is 0 Å². The second-order valence-electron chi connectivity index (χ2n) is 7.77. The summed E-state index contributed by atoms with van der Waals surface area (Å²) < 4.78 is 11.6. The van der Waals surface area contributed by atoms with Gasteiger partial charge in [0.1, 0.15) is 5.75 Å². The van der Waals surface area contributed by atoms with Gasteiger partial charge < -0.3 is 25.1 Å². The number of nitrogens with one attached hydrogen (secondary N) is 3. The number of carbonyl (C=O) groups is 3. The quantitative estimate of drug-likeness (QED) is 0.300. The Morgan fingerprint density at radius 3 is 2.58 bits per heavy atom. The number of halogens is 1. The van der Waals surface area contributed by atoms with Crippen LogP contribution < -0.4 is 20.7 Å². The van der Waals surface area contributed by atoms with Crippen LogP contribution in [0.3, 0.4) is 0 Å². The van der Waals surface area contributed by atoms with Crippen LogP contribution in [0.5, 0.6) is 5.75 Å². The summed E-state index contributed by atoms with van der Waals surface area (Å²) in [6, 6.07) is 12.0. The van der Waals surface area contributed by atoms with Crippen LogP contribution in [0.2, 0.25) is 0 Å². The minimum absolute atomic E-state index is 0.135. The lowest BCUT2D eigenvalue weighted by atomic mass is 10.1. The standard InChI is InChI=1S/C23H23IN4O5/c1-23(2,12-26-20(29)14-5-4-6-15(24)9-14)28-22(31)21(30)27-16-7-8-17(18(10-16)32-3)19-11-25-13-33-19/h4-11,13H,12H2,1-3H3,(H,26,29)(H,27,30)(H,28,31). The number of hydrogen-bond acceptors (Lipinski definition) is 6. The fraction of sp³-hybridized carbons (Fsp3) is 0.217. The first-order valence-electron chi connectivity index (χ1n) is 9.93. The lowest BCUT2D eigenvalue weighted by Crippen LogP contribution is -2.54. The molecule has 172 valence electrons. The number of methoxy groups -OCH3 is 1. The van der Waals surface area contributed by atoms with Gasteiger partial charge in [-0.2, -0.15) is 0 Å². The van der Waals surface area contributed by atoms with Crippen LogP contribution in [0, 0.1) is 3.57 Å². The van der Waals surface area contributed by atoms with Crippen LogP contribution in [0.1, 0.15) is 24.2 Å². The molecule has 0 radical (unpaired) electrons. The number of aromatic nitrogens is 1. The second-order valence-corrected chi connectivity index (χ2v) is 9.01. The Labute approximate surface area is 204 Å². The van der Waals surface area contributed by atoms with Gasteiger partial charge in [-0.3, -0.25) is 14.4 Å². The Balaban J connectivity index is 1.58. The van der Waals surface area contributed by atoms with Crippen molar-refractivity contribution in [1.82, 2.24) is 15.6 Å². The van der Waals surface area contributed by atoms with E-state index in [0.29, 0.717) is 28.3 Å². The number of anilines is 1. The molecular weight excluding hydrogens is 539 g/mol. The van der Waals surface area contributed by atoms with E-state index >= 15 is 0 Å². The monoisotopic (exact) mass is 562 g/mol. The van der Waals surface area contributed by atoms with E-state index in [2.05, 4.69) is 43.5 Å². The van der Waals surface area contributed by atoms with Gasteiger partial charge in [0, 0.05) is 27.4 Å². The van der Waals surface area contributed by atoms with E-state index in [1.165, 1.54) is 13.5 Å². The van der Waals surface area contributed by atoms with E-state index in [0.717, 1.165) is 3.57 Å². The van der Waals surface area contributed by atoms with Gasteiger partial charge in [0.25, 0.3) is 5.91 Å². The van der Waals surface area contributed by atoms with Gasteiger partial charge in [0.05, 0.1) is 24.4 Å². The first-order valence-corrected chi connectivity index (χ1v) is 11.0. The van der Waals surface area contributed by atoms with Crippen molar-refractivity contribution in [2.45, 2.75) is 19.4 Å². The van der Waals surface area contributed by atoms with Gasteiger partial charge in [-0.05, 0) is 66.8 Å². The maximum Gasteiger partial charge on any atom is 0.313 e. The zero-order valence-electron chi connectivity index (χ0n) is 18.3. The zero-order chi connectivity index (χ0) is 24.0. The van der Waals surface area contributed by atoms with Crippen molar-refractivity contribution >= 4 is 46.0 Å². The molecule has 0 atom stereocenters. The Bertz CT molecular complexity index is 1160. The van der Waals surface area contributed by atoms with E-state index in [4.69, 9.17) is 9.15 Å². The fourth-order valence-electron chi connectivity index (χ4n) is 2.95. The molecule has 3 aromatic rings. The third-order valence-corrected chi connectivity index (χ3v) is 5.26. The van der Waals surface area contributed by atoms with Crippen molar-refractivity contribution in [1.29, 1.82) is 0 Å². The zero-order valence-corrected chi connectivity index (χ0v) is 20.4. The third-order valence-electron chi connectivity index (χ3n) is 4.59. The summed E-state index contributed by atoms with van der Waals surface area (Å²) in [6.45, 7) is 3.56. The van der Waals surface area contributed by atoms with Crippen molar-refractivity contribution in [3.63, 3.8) is 0 Å². The minimum Gasteiger partial charge on any atom is -0.496 e. The van der Waals surface area contributed by atoms with Gasteiger partial charge in [-0.25, -0.2) is 4.98 Å². The minimum atomic E-state index is -0.861. The highest BCUT2D eigenvalue weighted by atomic mass is 127. The van der Waals surface area contributed by atoms with Crippen molar-refractivity contribution < 1.29 is 23.5 Å². The summed E-state index contributed by atoms with van der Waals surface area (Å²) in [5.41, 5.74) is 0.687. The predicted octanol–water partition coefficient (Wildman–Crippen LogP) is 3.22. The highest BCUT2D eigenvalue weighted by Crippen LogP contribution is 2.32. The SMILES string of the molecule is COc1cc(NC(=O)C(=O)NC(C)(C)CNC(=O)c2cccc(I)c2)ccc1-c1cnco1. The average molecular weight is 562 g/mol. The van der Waals surface area contributed by atoms with Crippen LogP contribution in [-0.2, 0) is 9.59 Å². The normalized spacial score (nSPS) is 10.9. The highest BCUT2D eigenvalue weighted by molar-refractivity contribution is 14.1. The third kappa shape index (κ3) is 6.54. The molecule has 0 aliphatic carbocycles. The van der Waals surface area contributed by atoms with Gasteiger partial charge in [0.15, 0.2) is 12.2 Å². The predicted molar refractivity (Wildman–Crippen MR) is 131 cm³/mol. The van der Waals surface area contributed by atoms with Crippen LogP contribution in [-0.4, -0.2) is 41.9 Å². The molecule has 0 fully saturated rings. The van der Waals surface area contributed by atoms with Crippen LogP contribution in [0.4, 0.5) is 5.69 Å². The van der Waals surface area contributed by atoms with Crippen molar-refractivity contribution in [2.24, 2.45) is 0 Å². The molecule has 0 saturated carbocycles. The number of amides is 3. The number of hydrogen-bond donors (Lipinski definition) is 3. The Morgan fingerprint density at radius 2 is 1.91 bits per heavy atom. The molecular formula is C23H23IN4O5. The van der Waals surface area contributed by atoms with Crippen molar-refractivity contribution in [3.05, 3.63) is 64.2 Å². The largest absolute Gasteiger partial charge is 0.496 e. The maximum absolute atomic E-state index is 12.4. The smallest absolute Gasteiger partial charge is 0.313 e.